The average molecular weight is 360 g/mol. The fourth-order valence-electron chi connectivity index (χ4n) is 2.24. The Morgan fingerprint density at radius 3 is 2.62 bits per heavy atom. The van der Waals surface area contributed by atoms with Crippen LogP contribution in [0.1, 0.15) is 6.92 Å². The molecule has 0 fully saturated rings. The van der Waals surface area contributed by atoms with Crippen LogP contribution in [0.2, 0.25) is 0 Å². The van der Waals surface area contributed by atoms with Crippen molar-refractivity contribution in [3.63, 3.8) is 0 Å². The van der Waals surface area contributed by atoms with Gasteiger partial charge in [0.25, 0.3) is 5.91 Å². The molecule has 7 heteroatoms. The number of carbonyl (C=O) groups excluding carboxylic acids is 2. The Labute approximate surface area is 151 Å². The smallest absolute Gasteiger partial charge is 0.260 e. The molecule has 0 atom stereocenters. The average Bonchev–Trinajstić information content (AvgIpc) is 2.65. The molecule has 0 radical (unpaired) electrons. The SMILES string of the molecule is CCN(CC(=O)Nc1cccc(OC)c1)C(=O)COc1ccccc1F. The number of hydrogen-bond donors (Lipinski definition) is 1. The maximum atomic E-state index is 13.5. The molecule has 0 unspecified atom stereocenters. The number of amides is 2. The number of nitrogens with zero attached hydrogens (tertiary/aromatic N) is 1. The van der Waals surface area contributed by atoms with Crippen molar-refractivity contribution in [3.8, 4) is 11.5 Å². The van der Waals surface area contributed by atoms with E-state index in [1.165, 1.54) is 30.2 Å². The van der Waals surface area contributed by atoms with E-state index < -0.39 is 11.7 Å². The number of benzene rings is 2. The largest absolute Gasteiger partial charge is 0.497 e. The number of para-hydroxylation sites is 1. The molecule has 2 aromatic rings. The van der Waals surface area contributed by atoms with Crippen LogP contribution in [-0.4, -0.2) is 43.5 Å². The molecule has 0 aromatic heterocycles. The zero-order valence-electron chi connectivity index (χ0n) is 14.7. The molecule has 0 bridgehead atoms. The van der Waals surface area contributed by atoms with Crippen LogP contribution in [0.5, 0.6) is 11.5 Å². The van der Waals surface area contributed by atoms with E-state index in [1.54, 1.807) is 37.3 Å². The zero-order chi connectivity index (χ0) is 18.9. The molecule has 6 nitrogen and oxygen atoms in total. The minimum absolute atomic E-state index is 0.00210. The van der Waals surface area contributed by atoms with Crippen LogP contribution in [0.3, 0.4) is 0 Å². The maximum absolute atomic E-state index is 13.5. The first-order valence-electron chi connectivity index (χ1n) is 8.12. The molecule has 138 valence electrons. The van der Waals surface area contributed by atoms with Crippen LogP contribution in [0, 0.1) is 5.82 Å². The van der Waals surface area contributed by atoms with Crippen molar-refractivity contribution in [2.24, 2.45) is 0 Å². The van der Waals surface area contributed by atoms with Crippen LogP contribution in [0.15, 0.2) is 48.5 Å². The van der Waals surface area contributed by atoms with E-state index in [1.807, 2.05) is 0 Å². The maximum Gasteiger partial charge on any atom is 0.260 e. The molecule has 0 aliphatic rings. The molecule has 2 rings (SSSR count). The van der Waals surface area contributed by atoms with Crippen LogP contribution in [0.4, 0.5) is 10.1 Å². The summed E-state index contributed by atoms with van der Waals surface area (Å²) in [5, 5.41) is 2.71. The number of likely N-dealkylation sites (N-methyl/N-ethyl adjacent to an activating group) is 1. The Kier molecular flexibility index (Phi) is 6.96. The molecule has 0 aliphatic carbocycles. The minimum Gasteiger partial charge on any atom is -0.497 e. The van der Waals surface area contributed by atoms with Gasteiger partial charge in [-0.3, -0.25) is 9.59 Å². The van der Waals surface area contributed by atoms with Crippen molar-refractivity contribution in [2.75, 3.05) is 32.1 Å². The van der Waals surface area contributed by atoms with Gasteiger partial charge in [-0.05, 0) is 31.2 Å². The van der Waals surface area contributed by atoms with Gasteiger partial charge < -0.3 is 19.7 Å². The number of halogens is 1. The van der Waals surface area contributed by atoms with Crippen molar-refractivity contribution in [1.29, 1.82) is 0 Å². The summed E-state index contributed by atoms with van der Waals surface area (Å²) in [6.07, 6.45) is 0. The molecule has 0 spiro atoms. The lowest BCUT2D eigenvalue weighted by Crippen LogP contribution is -2.40. The first kappa shape index (κ1) is 19.2. The Morgan fingerprint density at radius 2 is 1.92 bits per heavy atom. The second-order valence-electron chi connectivity index (χ2n) is 5.41. The summed E-state index contributed by atoms with van der Waals surface area (Å²) in [5.41, 5.74) is 0.570. The van der Waals surface area contributed by atoms with Gasteiger partial charge in [-0.1, -0.05) is 18.2 Å². The highest BCUT2D eigenvalue weighted by molar-refractivity contribution is 5.94. The molecular weight excluding hydrogens is 339 g/mol. The van der Waals surface area contributed by atoms with Crippen LogP contribution < -0.4 is 14.8 Å². The number of ether oxygens (including phenoxy) is 2. The van der Waals surface area contributed by atoms with Crippen molar-refractivity contribution in [1.82, 2.24) is 4.90 Å². The number of hydrogen-bond acceptors (Lipinski definition) is 4. The van der Waals surface area contributed by atoms with Crippen LogP contribution >= 0.6 is 0 Å². The number of anilines is 1. The highest BCUT2D eigenvalue weighted by Gasteiger charge is 2.17. The van der Waals surface area contributed by atoms with Gasteiger partial charge in [-0.15, -0.1) is 0 Å². The van der Waals surface area contributed by atoms with E-state index in [0.29, 0.717) is 18.0 Å². The third-order valence-electron chi connectivity index (χ3n) is 3.61. The normalized spacial score (nSPS) is 10.1. The number of nitrogens with one attached hydrogen (secondary N) is 1. The highest BCUT2D eigenvalue weighted by atomic mass is 19.1. The molecular formula is C19H21FN2O4. The Hall–Kier alpha value is -3.09. The van der Waals surface area contributed by atoms with Crippen molar-refractivity contribution >= 4 is 17.5 Å². The van der Waals surface area contributed by atoms with Gasteiger partial charge in [0.2, 0.25) is 5.91 Å². The van der Waals surface area contributed by atoms with Gasteiger partial charge in [-0.2, -0.15) is 0 Å². The lowest BCUT2D eigenvalue weighted by molar-refractivity contribution is -0.136. The molecule has 26 heavy (non-hydrogen) atoms. The van der Waals surface area contributed by atoms with Gasteiger partial charge in [0.1, 0.15) is 5.75 Å². The van der Waals surface area contributed by atoms with E-state index in [2.05, 4.69) is 5.32 Å². The van der Waals surface area contributed by atoms with E-state index >= 15 is 0 Å². The number of methoxy groups -OCH3 is 1. The summed E-state index contributed by atoms with van der Waals surface area (Å²) >= 11 is 0. The van der Waals surface area contributed by atoms with Gasteiger partial charge in [0.05, 0.1) is 13.7 Å². The third kappa shape index (κ3) is 5.47. The van der Waals surface area contributed by atoms with Crippen molar-refractivity contribution < 1.29 is 23.5 Å². The standard InChI is InChI=1S/C19H21FN2O4/c1-3-22(19(24)13-26-17-10-5-4-9-16(17)20)12-18(23)21-14-7-6-8-15(11-14)25-2/h4-11H,3,12-13H2,1-2H3,(H,21,23). The molecule has 0 saturated heterocycles. The summed E-state index contributed by atoms with van der Waals surface area (Å²) in [6, 6.07) is 12.7. The molecule has 0 saturated carbocycles. The minimum atomic E-state index is -0.542. The predicted octanol–water partition coefficient (Wildman–Crippen LogP) is 2.70. The van der Waals surface area contributed by atoms with E-state index in [9.17, 15) is 14.0 Å². The zero-order valence-corrected chi connectivity index (χ0v) is 14.7. The third-order valence-corrected chi connectivity index (χ3v) is 3.61. The fourth-order valence-corrected chi connectivity index (χ4v) is 2.24. The van der Waals surface area contributed by atoms with Crippen molar-refractivity contribution in [2.45, 2.75) is 6.92 Å². The quantitative estimate of drug-likeness (QED) is 0.786. The predicted molar refractivity (Wildman–Crippen MR) is 95.8 cm³/mol. The topological polar surface area (TPSA) is 67.9 Å². The fraction of sp³-hybridized carbons (Fsp3) is 0.263. The number of carbonyl (C=O) groups is 2. The van der Waals surface area contributed by atoms with E-state index in [4.69, 9.17) is 9.47 Å². The number of rotatable bonds is 8. The van der Waals surface area contributed by atoms with Gasteiger partial charge in [-0.25, -0.2) is 4.39 Å². The second kappa shape index (κ2) is 9.41. The Balaban J connectivity index is 1.89. The Bertz CT molecular complexity index is 767. The Morgan fingerprint density at radius 1 is 1.15 bits per heavy atom. The van der Waals surface area contributed by atoms with Crippen LogP contribution in [0.25, 0.3) is 0 Å². The summed E-state index contributed by atoms with van der Waals surface area (Å²) < 4.78 is 23.8. The van der Waals surface area contributed by atoms with Gasteiger partial charge >= 0.3 is 0 Å². The second-order valence-corrected chi connectivity index (χ2v) is 5.41. The first-order valence-corrected chi connectivity index (χ1v) is 8.12. The first-order chi connectivity index (χ1) is 12.5. The molecule has 1 N–H and O–H groups in total. The molecule has 0 heterocycles. The summed E-state index contributed by atoms with van der Waals surface area (Å²) in [7, 11) is 1.54. The summed E-state index contributed by atoms with van der Waals surface area (Å²) in [6.45, 7) is 1.60. The molecule has 2 aromatic carbocycles. The van der Waals surface area contributed by atoms with Gasteiger partial charge in [0, 0.05) is 18.3 Å². The highest BCUT2D eigenvalue weighted by Crippen LogP contribution is 2.17. The molecule has 0 aliphatic heterocycles. The summed E-state index contributed by atoms with van der Waals surface area (Å²) in [5.74, 6) is -0.683. The lowest BCUT2D eigenvalue weighted by Gasteiger charge is -2.20. The van der Waals surface area contributed by atoms with Gasteiger partial charge in [0.15, 0.2) is 18.2 Å². The molecule has 2 amide bonds. The monoisotopic (exact) mass is 360 g/mol. The van der Waals surface area contributed by atoms with Crippen molar-refractivity contribution in [3.05, 3.63) is 54.3 Å². The summed E-state index contributed by atoms with van der Waals surface area (Å²) in [4.78, 5) is 25.7. The van der Waals surface area contributed by atoms with E-state index in [0.717, 1.165) is 0 Å². The lowest BCUT2D eigenvalue weighted by atomic mass is 10.3. The van der Waals surface area contributed by atoms with Crippen LogP contribution in [-0.2, 0) is 9.59 Å². The van der Waals surface area contributed by atoms with E-state index in [-0.39, 0.29) is 24.8 Å².